The standard InChI is InChI=1S/C16H31N3O/c1-18(12-13-19-10-2-3-11-19)16(20)9-6-14-4-7-15(17)8-5-14/h14-15H,2-13,17H2,1H3. The molecule has 20 heavy (non-hydrogen) atoms. The van der Waals surface area contributed by atoms with Crippen LogP contribution in [0.1, 0.15) is 51.4 Å². The number of hydrogen-bond acceptors (Lipinski definition) is 3. The number of likely N-dealkylation sites (N-methyl/N-ethyl adjacent to an activating group) is 1. The van der Waals surface area contributed by atoms with E-state index in [1.54, 1.807) is 0 Å². The molecule has 0 radical (unpaired) electrons. The second-order valence-corrected chi connectivity index (χ2v) is 6.68. The minimum absolute atomic E-state index is 0.319. The molecule has 1 saturated heterocycles. The zero-order valence-electron chi connectivity index (χ0n) is 13.0. The molecule has 1 heterocycles. The highest BCUT2D eigenvalue weighted by molar-refractivity contribution is 5.75. The van der Waals surface area contributed by atoms with Crippen LogP contribution in [-0.2, 0) is 4.79 Å². The van der Waals surface area contributed by atoms with Crippen molar-refractivity contribution in [2.24, 2.45) is 11.7 Å². The minimum Gasteiger partial charge on any atom is -0.344 e. The molecule has 4 heteroatoms. The van der Waals surface area contributed by atoms with Crippen LogP contribution in [-0.4, -0.2) is 55.0 Å². The molecule has 2 fully saturated rings. The summed E-state index contributed by atoms with van der Waals surface area (Å²) in [5, 5.41) is 0. The van der Waals surface area contributed by atoms with Gasteiger partial charge in [-0.3, -0.25) is 4.79 Å². The first-order valence-corrected chi connectivity index (χ1v) is 8.37. The van der Waals surface area contributed by atoms with E-state index in [0.29, 0.717) is 11.9 Å². The molecule has 1 aliphatic carbocycles. The van der Waals surface area contributed by atoms with Crippen molar-refractivity contribution in [1.82, 2.24) is 9.80 Å². The Morgan fingerprint density at radius 1 is 1.20 bits per heavy atom. The lowest BCUT2D eigenvalue weighted by atomic mass is 9.84. The molecule has 0 atom stereocenters. The number of nitrogens with two attached hydrogens (primary N) is 1. The van der Waals surface area contributed by atoms with Gasteiger partial charge in [0.1, 0.15) is 0 Å². The van der Waals surface area contributed by atoms with E-state index in [2.05, 4.69) is 4.90 Å². The van der Waals surface area contributed by atoms with Gasteiger partial charge in [-0.2, -0.15) is 0 Å². The molecule has 1 amide bonds. The normalized spacial score (nSPS) is 27.7. The second-order valence-electron chi connectivity index (χ2n) is 6.68. The van der Waals surface area contributed by atoms with Gasteiger partial charge in [0.2, 0.25) is 5.91 Å². The van der Waals surface area contributed by atoms with Crippen molar-refractivity contribution in [3.05, 3.63) is 0 Å². The lowest BCUT2D eigenvalue weighted by Gasteiger charge is -2.27. The lowest BCUT2D eigenvalue weighted by Crippen LogP contribution is -2.35. The maximum Gasteiger partial charge on any atom is 0.222 e. The summed E-state index contributed by atoms with van der Waals surface area (Å²) < 4.78 is 0. The Balaban J connectivity index is 1.58. The van der Waals surface area contributed by atoms with E-state index in [4.69, 9.17) is 5.73 Å². The summed E-state index contributed by atoms with van der Waals surface area (Å²) in [6.07, 6.45) is 9.13. The van der Waals surface area contributed by atoms with Crippen molar-refractivity contribution in [3.63, 3.8) is 0 Å². The zero-order chi connectivity index (χ0) is 14.4. The molecule has 116 valence electrons. The quantitative estimate of drug-likeness (QED) is 0.808. The van der Waals surface area contributed by atoms with Crippen LogP contribution in [0.2, 0.25) is 0 Å². The van der Waals surface area contributed by atoms with Crippen LogP contribution in [0.15, 0.2) is 0 Å². The molecule has 2 rings (SSSR count). The fourth-order valence-corrected chi connectivity index (χ4v) is 3.42. The molecule has 2 N–H and O–H groups in total. The largest absolute Gasteiger partial charge is 0.344 e. The van der Waals surface area contributed by atoms with E-state index in [0.717, 1.165) is 44.7 Å². The molecule has 4 nitrogen and oxygen atoms in total. The molecule has 0 aromatic carbocycles. The van der Waals surface area contributed by atoms with E-state index < -0.39 is 0 Å². The summed E-state index contributed by atoms with van der Waals surface area (Å²) in [7, 11) is 1.95. The summed E-state index contributed by atoms with van der Waals surface area (Å²) in [6.45, 7) is 4.35. The smallest absolute Gasteiger partial charge is 0.222 e. The number of carbonyl (C=O) groups is 1. The van der Waals surface area contributed by atoms with Crippen molar-refractivity contribution in [3.8, 4) is 0 Å². The van der Waals surface area contributed by atoms with Gasteiger partial charge in [0.05, 0.1) is 0 Å². The fourth-order valence-electron chi connectivity index (χ4n) is 3.42. The maximum atomic E-state index is 12.1. The molecule has 1 aliphatic heterocycles. The van der Waals surface area contributed by atoms with Crippen LogP contribution in [0.3, 0.4) is 0 Å². The summed E-state index contributed by atoms with van der Waals surface area (Å²) in [6, 6.07) is 0.407. The van der Waals surface area contributed by atoms with E-state index in [9.17, 15) is 4.79 Å². The maximum absolute atomic E-state index is 12.1. The van der Waals surface area contributed by atoms with Gasteiger partial charge in [0, 0.05) is 32.6 Å². The number of nitrogens with zero attached hydrogens (tertiary/aromatic N) is 2. The average molecular weight is 281 g/mol. The van der Waals surface area contributed by atoms with Crippen LogP contribution in [0.4, 0.5) is 0 Å². The van der Waals surface area contributed by atoms with Gasteiger partial charge in [-0.15, -0.1) is 0 Å². The summed E-state index contributed by atoms with van der Waals surface area (Å²) in [5.41, 5.74) is 5.92. The van der Waals surface area contributed by atoms with Crippen molar-refractivity contribution >= 4 is 5.91 Å². The Morgan fingerprint density at radius 2 is 1.85 bits per heavy atom. The van der Waals surface area contributed by atoms with Crippen LogP contribution >= 0.6 is 0 Å². The SMILES string of the molecule is CN(CCN1CCCC1)C(=O)CCC1CCC(N)CC1. The molecule has 1 saturated carbocycles. The fraction of sp³-hybridized carbons (Fsp3) is 0.938. The average Bonchev–Trinajstić information content (AvgIpc) is 2.97. The van der Waals surface area contributed by atoms with Gasteiger partial charge in [-0.1, -0.05) is 0 Å². The molecule has 0 spiro atoms. The number of likely N-dealkylation sites (tertiary alicyclic amines) is 1. The third-order valence-corrected chi connectivity index (χ3v) is 5.03. The Labute approximate surface area is 123 Å². The van der Waals surface area contributed by atoms with Crippen LogP contribution in [0.5, 0.6) is 0 Å². The van der Waals surface area contributed by atoms with E-state index in [-0.39, 0.29) is 0 Å². The van der Waals surface area contributed by atoms with Gasteiger partial charge >= 0.3 is 0 Å². The van der Waals surface area contributed by atoms with Gasteiger partial charge in [0.15, 0.2) is 0 Å². The van der Waals surface area contributed by atoms with Gasteiger partial charge in [-0.05, 0) is 64.0 Å². The molecule has 0 aromatic rings. The highest BCUT2D eigenvalue weighted by Gasteiger charge is 2.20. The van der Waals surface area contributed by atoms with Gasteiger partial charge in [0.25, 0.3) is 0 Å². The predicted molar refractivity (Wildman–Crippen MR) is 82.5 cm³/mol. The zero-order valence-corrected chi connectivity index (χ0v) is 13.0. The summed E-state index contributed by atoms with van der Waals surface area (Å²) in [4.78, 5) is 16.5. The first kappa shape index (κ1) is 15.8. The molecule has 2 aliphatic rings. The van der Waals surface area contributed by atoms with Crippen molar-refractivity contribution in [1.29, 1.82) is 0 Å². The molecule has 0 aromatic heterocycles. The molecular weight excluding hydrogens is 250 g/mol. The first-order chi connectivity index (χ1) is 9.65. The Hall–Kier alpha value is -0.610. The number of rotatable bonds is 6. The van der Waals surface area contributed by atoms with Crippen molar-refractivity contribution in [2.75, 3.05) is 33.2 Å². The Morgan fingerprint density at radius 3 is 2.50 bits per heavy atom. The monoisotopic (exact) mass is 281 g/mol. The van der Waals surface area contributed by atoms with Crippen LogP contribution in [0, 0.1) is 5.92 Å². The molecule has 0 unspecified atom stereocenters. The van der Waals surface area contributed by atoms with Gasteiger partial charge < -0.3 is 15.5 Å². The second kappa shape index (κ2) is 7.99. The predicted octanol–water partition coefficient (Wildman–Crippen LogP) is 1.84. The van der Waals surface area contributed by atoms with Crippen LogP contribution in [0.25, 0.3) is 0 Å². The highest BCUT2D eigenvalue weighted by atomic mass is 16.2. The third kappa shape index (κ3) is 5.06. The highest BCUT2D eigenvalue weighted by Crippen LogP contribution is 2.27. The minimum atomic E-state index is 0.319. The topological polar surface area (TPSA) is 49.6 Å². The molecule has 0 bridgehead atoms. The Kier molecular flexibility index (Phi) is 6.30. The number of hydrogen-bond donors (Lipinski definition) is 1. The molecular formula is C16H31N3O. The Bertz CT molecular complexity index is 294. The van der Waals surface area contributed by atoms with E-state index in [1.165, 1.54) is 38.8 Å². The van der Waals surface area contributed by atoms with Crippen molar-refractivity contribution < 1.29 is 4.79 Å². The van der Waals surface area contributed by atoms with Gasteiger partial charge in [-0.25, -0.2) is 0 Å². The van der Waals surface area contributed by atoms with Crippen LogP contribution < -0.4 is 5.73 Å². The number of carbonyl (C=O) groups excluding carboxylic acids is 1. The summed E-state index contributed by atoms with van der Waals surface area (Å²) >= 11 is 0. The first-order valence-electron chi connectivity index (χ1n) is 8.37. The van der Waals surface area contributed by atoms with E-state index >= 15 is 0 Å². The van der Waals surface area contributed by atoms with Crippen molar-refractivity contribution in [2.45, 2.75) is 57.4 Å². The lowest BCUT2D eigenvalue weighted by molar-refractivity contribution is -0.130. The van der Waals surface area contributed by atoms with E-state index in [1.807, 2.05) is 11.9 Å². The third-order valence-electron chi connectivity index (χ3n) is 5.03. The number of amides is 1. The summed E-state index contributed by atoms with van der Waals surface area (Å²) in [5.74, 6) is 1.05.